The maximum atomic E-state index is 5.59. The number of pyridine rings is 1. The van der Waals surface area contributed by atoms with E-state index in [4.69, 9.17) is 9.47 Å². The number of hydrogen-bond acceptors (Lipinski definition) is 7. The van der Waals surface area contributed by atoms with Crippen LogP contribution >= 0.6 is 11.3 Å². The van der Waals surface area contributed by atoms with E-state index in [1.807, 2.05) is 30.3 Å². The summed E-state index contributed by atoms with van der Waals surface area (Å²) in [6.45, 7) is 0.946. The fourth-order valence-electron chi connectivity index (χ4n) is 3.34. The molecule has 0 N–H and O–H groups in total. The lowest BCUT2D eigenvalue weighted by Crippen LogP contribution is -2.22. The number of ether oxygens (including phenoxy) is 2. The Kier molecular flexibility index (Phi) is 4.71. The molecule has 2 aromatic heterocycles. The number of hydrogen-bond donors (Lipinski definition) is 0. The molecule has 1 aliphatic rings. The Labute approximate surface area is 156 Å². The third kappa shape index (κ3) is 3.10. The largest absolute Gasteiger partial charge is 0.497 e. The predicted molar refractivity (Wildman–Crippen MR) is 102 cm³/mol. The van der Waals surface area contributed by atoms with Crippen molar-refractivity contribution in [3.63, 3.8) is 0 Å². The van der Waals surface area contributed by atoms with Crippen LogP contribution in [0.25, 0.3) is 10.7 Å². The molecule has 1 aromatic carbocycles. The minimum atomic E-state index is 0.199. The Bertz CT molecular complexity index is 884. The van der Waals surface area contributed by atoms with Crippen molar-refractivity contribution in [2.24, 2.45) is 0 Å². The molecule has 0 radical (unpaired) electrons. The molecule has 6 nitrogen and oxygen atoms in total. The molecule has 1 unspecified atom stereocenters. The van der Waals surface area contributed by atoms with Gasteiger partial charge in [-0.2, -0.15) is 0 Å². The molecule has 7 heteroatoms. The molecule has 3 heterocycles. The molecule has 1 aliphatic heterocycles. The summed E-state index contributed by atoms with van der Waals surface area (Å²) < 4.78 is 11.0. The first-order valence-corrected chi connectivity index (χ1v) is 9.35. The fourth-order valence-corrected chi connectivity index (χ4v) is 4.24. The van der Waals surface area contributed by atoms with Gasteiger partial charge < -0.3 is 14.4 Å². The van der Waals surface area contributed by atoms with Crippen molar-refractivity contribution >= 4 is 16.5 Å². The van der Waals surface area contributed by atoms with Crippen molar-refractivity contribution in [3.8, 4) is 22.2 Å². The number of aromatic nitrogens is 3. The van der Waals surface area contributed by atoms with Crippen LogP contribution < -0.4 is 14.4 Å². The van der Waals surface area contributed by atoms with Crippen LogP contribution in [0.1, 0.15) is 24.4 Å². The lowest BCUT2D eigenvalue weighted by atomic mass is 10.0. The van der Waals surface area contributed by atoms with E-state index in [1.54, 1.807) is 31.8 Å². The van der Waals surface area contributed by atoms with Gasteiger partial charge in [-0.05, 0) is 43.2 Å². The van der Waals surface area contributed by atoms with E-state index in [-0.39, 0.29) is 6.04 Å². The van der Waals surface area contributed by atoms with Gasteiger partial charge in [0.1, 0.15) is 17.2 Å². The normalized spacial score (nSPS) is 16.7. The van der Waals surface area contributed by atoms with Crippen LogP contribution in [0.3, 0.4) is 0 Å². The van der Waals surface area contributed by atoms with Crippen molar-refractivity contribution in [3.05, 3.63) is 48.2 Å². The van der Waals surface area contributed by atoms with Crippen LogP contribution in [-0.4, -0.2) is 35.9 Å². The van der Waals surface area contributed by atoms with E-state index in [9.17, 15) is 0 Å². The maximum Gasteiger partial charge on any atom is 0.209 e. The summed E-state index contributed by atoms with van der Waals surface area (Å²) in [4.78, 5) is 6.68. The SMILES string of the molecule is COc1ccc(OC)c(C2CCCN2c2nnc(-c3ccccn3)s2)c1. The van der Waals surface area contributed by atoms with Crippen LogP contribution in [0, 0.1) is 0 Å². The lowest BCUT2D eigenvalue weighted by molar-refractivity contribution is 0.395. The highest BCUT2D eigenvalue weighted by atomic mass is 32.1. The zero-order valence-corrected chi connectivity index (χ0v) is 15.6. The molecule has 0 amide bonds. The van der Waals surface area contributed by atoms with Gasteiger partial charge in [-0.15, -0.1) is 10.2 Å². The molecule has 1 fully saturated rings. The average molecular weight is 368 g/mol. The number of nitrogens with zero attached hydrogens (tertiary/aromatic N) is 4. The zero-order chi connectivity index (χ0) is 17.9. The molecule has 0 aliphatic carbocycles. The second-order valence-electron chi connectivity index (χ2n) is 6.06. The van der Waals surface area contributed by atoms with E-state index in [2.05, 4.69) is 26.1 Å². The predicted octanol–water partition coefficient (Wildman–Crippen LogP) is 3.96. The molecule has 0 saturated carbocycles. The van der Waals surface area contributed by atoms with Crippen molar-refractivity contribution in [1.82, 2.24) is 15.2 Å². The standard InChI is InChI=1S/C19H20N4O2S/c1-24-13-8-9-17(25-2)14(12-13)16-7-5-11-23(16)19-22-21-18(26-19)15-6-3-4-10-20-15/h3-4,6,8-10,12,16H,5,7,11H2,1-2H3. The van der Waals surface area contributed by atoms with Gasteiger partial charge in [-0.25, -0.2) is 0 Å². The summed E-state index contributed by atoms with van der Waals surface area (Å²) in [5.74, 6) is 1.70. The first kappa shape index (κ1) is 16.8. The summed E-state index contributed by atoms with van der Waals surface area (Å²) in [6, 6.07) is 12.0. The Morgan fingerprint density at radius 2 is 2.04 bits per heavy atom. The second-order valence-corrected chi connectivity index (χ2v) is 7.02. The van der Waals surface area contributed by atoms with Gasteiger partial charge in [-0.1, -0.05) is 17.4 Å². The monoisotopic (exact) mass is 368 g/mol. The molecule has 4 rings (SSSR count). The van der Waals surface area contributed by atoms with Crippen LogP contribution in [0.5, 0.6) is 11.5 Å². The van der Waals surface area contributed by atoms with Crippen molar-refractivity contribution < 1.29 is 9.47 Å². The number of methoxy groups -OCH3 is 2. The number of rotatable bonds is 5. The molecule has 26 heavy (non-hydrogen) atoms. The van der Waals surface area contributed by atoms with Gasteiger partial charge in [0.15, 0.2) is 5.01 Å². The van der Waals surface area contributed by atoms with Gasteiger partial charge in [-0.3, -0.25) is 4.98 Å². The van der Waals surface area contributed by atoms with E-state index in [1.165, 1.54) is 0 Å². The number of benzene rings is 1. The van der Waals surface area contributed by atoms with Crippen molar-refractivity contribution in [1.29, 1.82) is 0 Å². The number of anilines is 1. The summed E-state index contributed by atoms with van der Waals surface area (Å²) in [7, 11) is 3.39. The van der Waals surface area contributed by atoms with Gasteiger partial charge in [0.05, 0.1) is 20.3 Å². The highest BCUT2D eigenvalue weighted by Crippen LogP contribution is 2.42. The maximum absolute atomic E-state index is 5.59. The molecular weight excluding hydrogens is 348 g/mol. The summed E-state index contributed by atoms with van der Waals surface area (Å²) in [5, 5.41) is 10.5. The van der Waals surface area contributed by atoms with Gasteiger partial charge in [0.25, 0.3) is 0 Å². The van der Waals surface area contributed by atoms with E-state index < -0.39 is 0 Å². The zero-order valence-electron chi connectivity index (χ0n) is 14.8. The topological polar surface area (TPSA) is 60.4 Å². The first-order chi connectivity index (χ1) is 12.8. The smallest absolute Gasteiger partial charge is 0.209 e. The first-order valence-electron chi connectivity index (χ1n) is 8.53. The van der Waals surface area contributed by atoms with Crippen LogP contribution in [0.2, 0.25) is 0 Å². The quantitative estimate of drug-likeness (QED) is 0.679. The van der Waals surface area contributed by atoms with Crippen LogP contribution in [0.15, 0.2) is 42.6 Å². The fraction of sp³-hybridized carbons (Fsp3) is 0.316. The molecule has 1 saturated heterocycles. The van der Waals surface area contributed by atoms with Crippen LogP contribution in [-0.2, 0) is 0 Å². The van der Waals surface area contributed by atoms with Gasteiger partial charge in [0.2, 0.25) is 5.13 Å². The molecule has 134 valence electrons. The van der Waals surface area contributed by atoms with E-state index in [0.29, 0.717) is 0 Å². The minimum absolute atomic E-state index is 0.199. The lowest BCUT2D eigenvalue weighted by Gasteiger charge is -2.25. The van der Waals surface area contributed by atoms with Crippen LogP contribution in [0.4, 0.5) is 5.13 Å². The Morgan fingerprint density at radius 1 is 1.12 bits per heavy atom. The average Bonchev–Trinajstić information content (AvgIpc) is 3.37. The molecule has 3 aromatic rings. The Hall–Kier alpha value is -2.67. The Balaban J connectivity index is 1.67. The van der Waals surface area contributed by atoms with Gasteiger partial charge >= 0.3 is 0 Å². The molecule has 0 spiro atoms. The third-order valence-electron chi connectivity index (χ3n) is 4.59. The molecular formula is C19H20N4O2S. The summed E-state index contributed by atoms with van der Waals surface area (Å²) >= 11 is 1.57. The second kappa shape index (κ2) is 7.29. The molecule has 1 atom stereocenters. The molecule has 0 bridgehead atoms. The van der Waals surface area contributed by atoms with Crippen molar-refractivity contribution in [2.75, 3.05) is 25.7 Å². The minimum Gasteiger partial charge on any atom is -0.497 e. The van der Waals surface area contributed by atoms with Gasteiger partial charge in [0, 0.05) is 18.3 Å². The summed E-state index contributed by atoms with van der Waals surface area (Å²) in [5.41, 5.74) is 1.98. The van der Waals surface area contributed by atoms with E-state index in [0.717, 1.165) is 52.3 Å². The highest BCUT2D eigenvalue weighted by molar-refractivity contribution is 7.18. The van der Waals surface area contributed by atoms with E-state index >= 15 is 0 Å². The third-order valence-corrected chi connectivity index (χ3v) is 5.58. The summed E-state index contributed by atoms with van der Waals surface area (Å²) in [6.07, 6.45) is 3.92. The van der Waals surface area contributed by atoms with Crippen molar-refractivity contribution in [2.45, 2.75) is 18.9 Å². The Morgan fingerprint density at radius 3 is 2.81 bits per heavy atom. The highest BCUT2D eigenvalue weighted by Gasteiger charge is 2.31.